The molecule has 0 heterocycles. The number of rotatable bonds is 6. The number of oxime groups is 2. The Bertz CT molecular complexity index is 533. The molecule has 20 heavy (non-hydrogen) atoms. The van der Waals surface area contributed by atoms with E-state index in [1.165, 1.54) is 6.21 Å². The molecule has 6 heteroatoms. The van der Waals surface area contributed by atoms with Crippen LogP contribution in [0.25, 0.3) is 0 Å². The SMILES string of the molecule is CC(C=NN=C(C)C(C)=NOCc1ccccc1)=NO. The molecule has 1 N–H and O–H groups in total. The highest BCUT2D eigenvalue weighted by Gasteiger charge is 1.97. The fourth-order valence-corrected chi connectivity index (χ4v) is 1.14. The number of nitrogens with zero attached hydrogens (tertiary/aromatic N) is 4. The molecule has 1 rings (SSSR count). The summed E-state index contributed by atoms with van der Waals surface area (Å²) in [6.45, 7) is 5.57. The Morgan fingerprint density at radius 1 is 1.15 bits per heavy atom. The van der Waals surface area contributed by atoms with Gasteiger partial charge < -0.3 is 10.0 Å². The van der Waals surface area contributed by atoms with E-state index in [0.717, 1.165) is 5.56 Å². The highest BCUT2D eigenvalue weighted by Crippen LogP contribution is 2.01. The first-order valence-electron chi connectivity index (χ1n) is 6.10. The van der Waals surface area contributed by atoms with Gasteiger partial charge in [0.1, 0.15) is 6.61 Å². The zero-order chi connectivity index (χ0) is 14.8. The topological polar surface area (TPSA) is 78.9 Å². The minimum absolute atomic E-state index is 0.372. The minimum atomic E-state index is 0.372. The van der Waals surface area contributed by atoms with Crippen molar-refractivity contribution in [1.29, 1.82) is 0 Å². The summed E-state index contributed by atoms with van der Waals surface area (Å²) in [4.78, 5) is 5.24. The molecule has 0 aliphatic rings. The van der Waals surface area contributed by atoms with Gasteiger partial charge >= 0.3 is 0 Å². The van der Waals surface area contributed by atoms with Crippen molar-refractivity contribution in [3.63, 3.8) is 0 Å². The predicted molar refractivity (Wildman–Crippen MR) is 80.8 cm³/mol. The van der Waals surface area contributed by atoms with Gasteiger partial charge in [-0.1, -0.05) is 40.6 Å². The molecule has 0 bridgehead atoms. The molecular formula is C14H18N4O2. The molecule has 0 saturated heterocycles. The van der Waals surface area contributed by atoms with Crippen LogP contribution in [0.3, 0.4) is 0 Å². The van der Waals surface area contributed by atoms with Crippen LogP contribution in [-0.4, -0.2) is 28.6 Å². The van der Waals surface area contributed by atoms with Crippen molar-refractivity contribution in [1.82, 2.24) is 0 Å². The van der Waals surface area contributed by atoms with E-state index in [-0.39, 0.29) is 0 Å². The highest BCUT2D eigenvalue weighted by atomic mass is 16.6. The molecule has 0 atom stereocenters. The second-order valence-corrected chi connectivity index (χ2v) is 4.11. The normalized spacial score (nSPS) is 13.8. The first-order chi connectivity index (χ1) is 9.63. The Morgan fingerprint density at radius 2 is 1.85 bits per heavy atom. The molecule has 0 saturated carbocycles. The van der Waals surface area contributed by atoms with Crippen molar-refractivity contribution < 1.29 is 10.0 Å². The summed E-state index contributed by atoms with van der Waals surface area (Å²) in [7, 11) is 0. The third-order valence-corrected chi connectivity index (χ3v) is 2.41. The van der Waals surface area contributed by atoms with Gasteiger partial charge in [-0.2, -0.15) is 10.2 Å². The fourth-order valence-electron chi connectivity index (χ4n) is 1.14. The molecule has 0 aliphatic heterocycles. The van der Waals surface area contributed by atoms with Crippen LogP contribution in [0.15, 0.2) is 50.8 Å². The van der Waals surface area contributed by atoms with E-state index < -0.39 is 0 Å². The summed E-state index contributed by atoms with van der Waals surface area (Å²) in [5.74, 6) is 0. The second-order valence-electron chi connectivity index (χ2n) is 4.11. The van der Waals surface area contributed by atoms with E-state index >= 15 is 0 Å². The van der Waals surface area contributed by atoms with E-state index in [0.29, 0.717) is 23.7 Å². The van der Waals surface area contributed by atoms with E-state index in [4.69, 9.17) is 10.0 Å². The molecule has 0 spiro atoms. The number of hydrogen-bond donors (Lipinski definition) is 1. The van der Waals surface area contributed by atoms with Crippen LogP contribution in [0.5, 0.6) is 0 Å². The van der Waals surface area contributed by atoms with Crippen molar-refractivity contribution in [2.75, 3.05) is 0 Å². The van der Waals surface area contributed by atoms with Crippen LogP contribution in [0.2, 0.25) is 0 Å². The summed E-state index contributed by atoms with van der Waals surface area (Å²) in [6, 6.07) is 9.77. The van der Waals surface area contributed by atoms with Crippen LogP contribution in [-0.2, 0) is 11.4 Å². The molecule has 0 radical (unpaired) electrons. The Balaban J connectivity index is 2.51. The summed E-state index contributed by atoms with van der Waals surface area (Å²) < 4.78 is 0. The molecule has 0 aromatic heterocycles. The van der Waals surface area contributed by atoms with Crippen LogP contribution in [0.1, 0.15) is 26.3 Å². The molecule has 0 amide bonds. The molecule has 106 valence electrons. The maximum atomic E-state index is 8.44. The molecule has 1 aromatic carbocycles. The van der Waals surface area contributed by atoms with E-state index in [2.05, 4.69) is 20.5 Å². The van der Waals surface area contributed by atoms with E-state index in [1.54, 1.807) is 20.8 Å². The van der Waals surface area contributed by atoms with E-state index in [1.807, 2.05) is 30.3 Å². The summed E-state index contributed by atoms with van der Waals surface area (Å²) in [5.41, 5.74) is 2.68. The highest BCUT2D eigenvalue weighted by molar-refractivity contribution is 6.40. The molecule has 1 aromatic rings. The van der Waals surface area contributed by atoms with Crippen LogP contribution < -0.4 is 0 Å². The third-order valence-electron chi connectivity index (χ3n) is 2.41. The summed E-state index contributed by atoms with van der Waals surface area (Å²) in [6.07, 6.45) is 1.35. The van der Waals surface area contributed by atoms with Gasteiger partial charge in [-0.3, -0.25) is 0 Å². The first-order valence-corrected chi connectivity index (χ1v) is 6.10. The molecule has 6 nitrogen and oxygen atoms in total. The first kappa shape index (κ1) is 15.6. The Kier molecular flexibility index (Phi) is 6.67. The Hall–Kier alpha value is -2.50. The van der Waals surface area contributed by atoms with Crippen LogP contribution in [0, 0.1) is 0 Å². The standard InChI is InChI=1S/C14H18N4O2/c1-11(17-19)9-15-16-12(2)13(3)18-20-10-14-7-5-4-6-8-14/h4-9,19H,10H2,1-3H3. The smallest absolute Gasteiger partial charge is 0.142 e. The van der Waals surface area contributed by atoms with Crippen molar-refractivity contribution in [2.24, 2.45) is 20.5 Å². The lowest BCUT2D eigenvalue weighted by Gasteiger charge is -2.01. The maximum Gasteiger partial charge on any atom is 0.142 e. The van der Waals surface area contributed by atoms with Gasteiger partial charge in [0, 0.05) is 0 Å². The fraction of sp³-hybridized carbons (Fsp3) is 0.286. The van der Waals surface area contributed by atoms with Crippen LogP contribution in [0.4, 0.5) is 0 Å². The zero-order valence-electron chi connectivity index (χ0n) is 11.8. The Morgan fingerprint density at radius 3 is 2.50 bits per heavy atom. The van der Waals surface area contributed by atoms with Gasteiger partial charge in [0.2, 0.25) is 0 Å². The van der Waals surface area contributed by atoms with Crippen molar-refractivity contribution in [3.05, 3.63) is 35.9 Å². The lowest BCUT2D eigenvalue weighted by Crippen LogP contribution is -2.06. The van der Waals surface area contributed by atoms with Crippen molar-refractivity contribution >= 4 is 23.3 Å². The van der Waals surface area contributed by atoms with E-state index in [9.17, 15) is 0 Å². The van der Waals surface area contributed by atoms with Gasteiger partial charge in [0.05, 0.1) is 23.3 Å². The lowest BCUT2D eigenvalue weighted by atomic mass is 10.2. The molecule has 0 unspecified atom stereocenters. The third kappa shape index (κ3) is 5.90. The van der Waals surface area contributed by atoms with Gasteiger partial charge in [0.15, 0.2) is 0 Å². The van der Waals surface area contributed by atoms with Gasteiger partial charge in [-0.05, 0) is 26.3 Å². The summed E-state index contributed by atoms with van der Waals surface area (Å²) >= 11 is 0. The monoisotopic (exact) mass is 274 g/mol. The molecule has 0 aliphatic carbocycles. The lowest BCUT2D eigenvalue weighted by molar-refractivity contribution is 0.131. The Labute approximate surface area is 118 Å². The maximum absolute atomic E-state index is 8.44. The average molecular weight is 274 g/mol. The number of benzene rings is 1. The minimum Gasteiger partial charge on any atom is -0.411 e. The average Bonchev–Trinajstić information content (AvgIpc) is 2.47. The second kappa shape index (κ2) is 8.58. The molecule has 0 fully saturated rings. The molecular weight excluding hydrogens is 256 g/mol. The van der Waals surface area contributed by atoms with Gasteiger partial charge in [-0.25, -0.2) is 0 Å². The van der Waals surface area contributed by atoms with Crippen LogP contribution >= 0.6 is 0 Å². The van der Waals surface area contributed by atoms with Gasteiger partial charge in [0.25, 0.3) is 0 Å². The van der Waals surface area contributed by atoms with Crippen molar-refractivity contribution in [3.8, 4) is 0 Å². The zero-order valence-corrected chi connectivity index (χ0v) is 11.8. The number of hydrogen-bond acceptors (Lipinski definition) is 6. The predicted octanol–water partition coefficient (Wildman–Crippen LogP) is 2.88. The largest absolute Gasteiger partial charge is 0.411 e. The quantitative estimate of drug-likeness (QED) is 0.491. The van der Waals surface area contributed by atoms with Crippen molar-refractivity contribution in [2.45, 2.75) is 27.4 Å². The summed E-state index contributed by atoms with van der Waals surface area (Å²) in [5, 5.41) is 23.1. The van der Waals surface area contributed by atoms with Gasteiger partial charge in [-0.15, -0.1) is 0 Å².